The van der Waals surface area contributed by atoms with E-state index >= 15 is 0 Å². The van der Waals surface area contributed by atoms with Crippen LogP contribution in [0.4, 0.5) is 15.8 Å². The third-order valence-electron chi connectivity index (χ3n) is 4.38. The fourth-order valence-electron chi connectivity index (χ4n) is 2.64. The first kappa shape index (κ1) is 24.4. The van der Waals surface area contributed by atoms with Crippen molar-refractivity contribution < 1.29 is 22.4 Å². The van der Waals surface area contributed by atoms with Gasteiger partial charge in [-0.05, 0) is 76.3 Å². The fraction of sp³-hybridized carbons (Fsp3) is 0.333. The number of nitrogens with one attached hydrogen (secondary N) is 3. The van der Waals surface area contributed by atoms with Crippen molar-refractivity contribution in [3.8, 4) is 0 Å². The number of halogens is 1. The molecule has 0 saturated heterocycles. The zero-order chi connectivity index (χ0) is 23.2. The monoisotopic (exact) mass is 450 g/mol. The van der Waals surface area contributed by atoms with Gasteiger partial charge in [-0.2, -0.15) is 0 Å². The van der Waals surface area contributed by atoms with Crippen molar-refractivity contribution in [1.29, 1.82) is 0 Å². The summed E-state index contributed by atoms with van der Waals surface area (Å²) in [4.78, 5) is 26.3. The normalized spacial score (nSPS) is 12.6. The van der Waals surface area contributed by atoms with Gasteiger partial charge in [0, 0.05) is 17.4 Å². The third kappa shape index (κ3) is 7.42. The van der Waals surface area contributed by atoms with Gasteiger partial charge in [0.25, 0.3) is 0 Å². The van der Waals surface area contributed by atoms with Crippen LogP contribution in [0.2, 0.25) is 0 Å². The van der Waals surface area contributed by atoms with E-state index in [1.807, 2.05) is 0 Å². The van der Waals surface area contributed by atoms with E-state index in [0.717, 1.165) is 0 Å². The van der Waals surface area contributed by atoms with Crippen molar-refractivity contribution in [2.75, 3.05) is 24.2 Å². The van der Waals surface area contributed by atoms with Gasteiger partial charge in [0.2, 0.25) is 21.8 Å². The number of hydrogen-bond donors (Lipinski definition) is 3. The summed E-state index contributed by atoms with van der Waals surface area (Å²) in [7, 11) is -1.99. The van der Waals surface area contributed by atoms with Crippen LogP contribution in [-0.2, 0) is 19.6 Å². The maximum atomic E-state index is 12.9. The zero-order valence-electron chi connectivity index (χ0n) is 17.8. The minimum absolute atomic E-state index is 0.0516. The Labute approximate surface area is 181 Å². The molecule has 0 aliphatic carbocycles. The van der Waals surface area contributed by atoms with E-state index in [4.69, 9.17) is 0 Å². The molecule has 0 heterocycles. The molecule has 2 rings (SSSR count). The number of carbonyl (C=O) groups is 2. The number of nitrogens with zero attached hydrogens (tertiary/aromatic N) is 1. The van der Waals surface area contributed by atoms with Gasteiger partial charge >= 0.3 is 0 Å². The molecule has 2 aromatic rings. The van der Waals surface area contributed by atoms with E-state index in [1.54, 1.807) is 32.7 Å². The number of benzene rings is 2. The maximum Gasteiger partial charge on any atom is 0.241 e. The molecule has 0 radical (unpaired) electrons. The van der Waals surface area contributed by atoms with Crippen LogP contribution < -0.4 is 15.4 Å². The Hall–Kier alpha value is -2.82. The molecule has 2 amide bonds. The zero-order valence-corrected chi connectivity index (χ0v) is 18.7. The smallest absolute Gasteiger partial charge is 0.241 e. The lowest BCUT2D eigenvalue weighted by Crippen LogP contribution is -2.43. The van der Waals surface area contributed by atoms with Crippen LogP contribution in [0.15, 0.2) is 53.4 Å². The van der Waals surface area contributed by atoms with E-state index in [-0.39, 0.29) is 29.3 Å². The molecule has 0 spiro atoms. The van der Waals surface area contributed by atoms with Crippen molar-refractivity contribution in [2.24, 2.45) is 0 Å². The predicted octanol–water partition coefficient (Wildman–Crippen LogP) is 2.41. The predicted molar refractivity (Wildman–Crippen MR) is 118 cm³/mol. The average Bonchev–Trinajstić information content (AvgIpc) is 2.68. The summed E-state index contributed by atoms with van der Waals surface area (Å²) in [5.74, 6) is -1.10. The molecule has 0 saturated carbocycles. The Morgan fingerprint density at radius 2 is 1.45 bits per heavy atom. The molecule has 3 N–H and O–H groups in total. The van der Waals surface area contributed by atoms with E-state index in [2.05, 4.69) is 15.4 Å². The number of amides is 2. The Balaban J connectivity index is 1.92. The molecular weight excluding hydrogens is 423 g/mol. The largest absolute Gasteiger partial charge is 0.325 e. The highest BCUT2D eigenvalue weighted by molar-refractivity contribution is 7.89. The lowest BCUT2D eigenvalue weighted by Gasteiger charge is -2.23. The Morgan fingerprint density at radius 3 is 2.00 bits per heavy atom. The number of likely N-dealkylation sites (N-methyl/N-ethyl adjacent to an activating group) is 1. The average molecular weight is 451 g/mol. The summed E-state index contributed by atoms with van der Waals surface area (Å²) in [6.45, 7) is 5.05. The third-order valence-corrected chi connectivity index (χ3v) is 6.06. The van der Waals surface area contributed by atoms with Crippen molar-refractivity contribution >= 4 is 33.2 Å². The number of rotatable bonds is 9. The van der Waals surface area contributed by atoms with Crippen LogP contribution in [0.1, 0.15) is 20.8 Å². The summed E-state index contributed by atoms with van der Waals surface area (Å²) in [6, 6.07) is 10.3. The van der Waals surface area contributed by atoms with Gasteiger partial charge in [-0.15, -0.1) is 0 Å². The molecule has 8 nitrogen and oxygen atoms in total. The highest BCUT2D eigenvalue weighted by atomic mass is 32.2. The molecule has 0 fully saturated rings. The SMILES string of the molecule is CC(C)NS(=O)(=O)c1ccc(NC(=O)[C@H](C)N(C)CC(=O)Nc2ccc(F)cc2)cc1. The lowest BCUT2D eigenvalue weighted by atomic mass is 10.2. The van der Waals surface area contributed by atoms with Crippen molar-refractivity contribution in [3.05, 3.63) is 54.3 Å². The second kappa shape index (κ2) is 10.5. The summed E-state index contributed by atoms with van der Waals surface area (Å²) >= 11 is 0. The standard InChI is InChI=1S/C21H27FN4O4S/c1-14(2)25-31(29,30)19-11-9-18(10-12-19)24-21(28)15(3)26(4)13-20(27)23-17-7-5-16(22)6-8-17/h5-12,14-15,25H,13H2,1-4H3,(H,23,27)(H,24,28)/t15-/m0/s1. The van der Waals surface area contributed by atoms with Crippen LogP contribution >= 0.6 is 0 Å². The van der Waals surface area contributed by atoms with E-state index in [1.165, 1.54) is 48.5 Å². The summed E-state index contributed by atoms with van der Waals surface area (Å²) in [6.07, 6.45) is 0. The molecule has 0 aromatic heterocycles. The highest BCUT2D eigenvalue weighted by Gasteiger charge is 2.21. The van der Waals surface area contributed by atoms with Gasteiger partial charge in [0.05, 0.1) is 17.5 Å². The molecule has 0 aliphatic heterocycles. The van der Waals surface area contributed by atoms with Crippen LogP contribution in [-0.4, -0.2) is 50.8 Å². The highest BCUT2D eigenvalue weighted by Crippen LogP contribution is 2.15. The number of sulfonamides is 1. The quantitative estimate of drug-likeness (QED) is 0.544. The topological polar surface area (TPSA) is 108 Å². The molecule has 10 heteroatoms. The minimum atomic E-state index is -3.61. The van der Waals surface area contributed by atoms with Gasteiger partial charge in [-0.3, -0.25) is 14.5 Å². The van der Waals surface area contributed by atoms with Crippen molar-refractivity contribution in [1.82, 2.24) is 9.62 Å². The Morgan fingerprint density at radius 1 is 0.935 bits per heavy atom. The van der Waals surface area contributed by atoms with Crippen LogP contribution in [0.25, 0.3) is 0 Å². The molecule has 0 unspecified atom stereocenters. The van der Waals surface area contributed by atoms with Gasteiger partial charge in [0.1, 0.15) is 5.82 Å². The first-order valence-electron chi connectivity index (χ1n) is 9.67. The van der Waals surface area contributed by atoms with Crippen molar-refractivity contribution in [3.63, 3.8) is 0 Å². The fourth-order valence-corrected chi connectivity index (χ4v) is 3.89. The molecule has 168 valence electrons. The summed E-state index contributed by atoms with van der Waals surface area (Å²) < 4.78 is 39.8. The number of carbonyl (C=O) groups excluding carboxylic acids is 2. The maximum absolute atomic E-state index is 12.9. The first-order valence-corrected chi connectivity index (χ1v) is 11.1. The lowest BCUT2D eigenvalue weighted by molar-refractivity contribution is -0.122. The van der Waals surface area contributed by atoms with Gasteiger partial charge < -0.3 is 10.6 Å². The summed E-state index contributed by atoms with van der Waals surface area (Å²) in [5.41, 5.74) is 0.892. The molecular formula is C21H27FN4O4S. The molecule has 2 aromatic carbocycles. The molecule has 0 aliphatic rings. The van der Waals surface area contributed by atoms with Crippen molar-refractivity contribution in [2.45, 2.75) is 37.8 Å². The van der Waals surface area contributed by atoms with Gasteiger partial charge in [0.15, 0.2) is 0 Å². The molecule has 0 bridgehead atoms. The number of hydrogen-bond acceptors (Lipinski definition) is 5. The molecule has 1 atom stereocenters. The van der Waals surface area contributed by atoms with Gasteiger partial charge in [-0.25, -0.2) is 17.5 Å². The Kier molecular flexibility index (Phi) is 8.26. The molecule has 31 heavy (non-hydrogen) atoms. The van der Waals surface area contributed by atoms with E-state index in [0.29, 0.717) is 11.4 Å². The minimum Gasteiger partial charge on any atom is -0.325 e. The second-order valence-electron chi connectivity index (χ2n) is 7.44. The van der Waals surface area contributed by atoms with Gasteiger partial charge in [-0.1, -0.05) is 0 Å². The van der Waals surface area contributed by atoms with Crippen LogP contribution in [0.5, 0.6) is 0 Å². The van der Waals surface area contributed by atoms with E-state index in [9.17, 15) is 22.4 Å². The Bertz CT molecular complexity index is 1010. The van der Waals surface area contributed by atoms with Crippen LogP contribution in [0.3, 0.4) is 0 Å². The second-order valence-corrected chi connectivity index (χ2v) is 9.15. The van der Waals surface area contributed by atoms with Crippen LogP contribution in [0, 0.1) is 5.82 Å². The first-order chi connectivity index (χ1) is 14.5. The number of anilines is 2. The van der Waals surface area contributed by atoms with E-state index < -0.39 is 21.9 Å². The summed E-state index contributed by atoms with van der Waals surface area (Å²) in [5, 5.41) is 5.34.